The van der Waals surface area contributed by atoms with Crippen molar-refractivity contribution in [1.82, 2.24) is 0 Å². The third kappa shape index (κ3) is 4.44. The van der Waals surface area contributed by atoms with Crippen LogP contribution in [0.2, 0.25) is 0 Å². The Kier molecular flexibility index (Phi) is 6.15. The highest BCUT2D eigenvalue weighted by Gasteiger charge is 2.18. The minimum absolute atomic E-state index is 0.228. The Balaban J connectivity index is 2.58. The molecule has 0 aliphatic heterocycles. The van der Waals surface area contributed by atoms with Gasteiger partial charge in [0.2, 0.25) is 0 Å². The summed E-state index contributed by atoms with van der Waals surface area (Å²) in [5.41, 5.74) is 0.274. The number of aromatic carboxylic acids is 1. The first kappa shape index (κ1) is 15.3. The standard InChI is InChI=1S/C14H20O5/c1-2-3-8-19-9-4-5-10-6-7-11(15)13(16)12(10)14(17)18/h6-7,15-16H,2-5,8-9H2,1H3,(H,17,18). The molecule has 0 saturated heterocycles. The Morgan fingerprint density at radius 3 is 2.53 bits per heavy atom. The molecule has 0 amide bonds. The quantitative estimate of drug-likeness (QED) is 0.498. The highest BCUT2D eigenvalue weighted by molar-refractivity contribution is 5.93. The van der Waals surface area contributed by atoms with E-state index >= 15 is 0 Å². The lowest BCUT2D eigenvalue weighted by atomic mass is 10.0. The second kappa shape index (κ2) is 7.63. The third-order valence-corrected chi connectivity index (χ3v) is 2.83. The fourth-order valence-corrected chi connectivity index (χ4v) is 1.78. The second-order valence-electron chi connectivity index (χ2n) is 4.34. The topological polar surface area (TPSA) is 87.0 Å². The number of phenols is 2. The van der Waals surface area contributed by atoms with Crippen LogP contribution < -0.4 is 0 Å². The van der Waals surface area contributed by atoms with Crippen molar-refractivity contribution in [3.63, 3.8) is 0 Å². The molecule has 1 aromatic carbocycles. The molecular formula is C14H20O5. The molecule has 19 heavy (non-hydrogen) atoms. The number of ether oxygens (including phenoxy) is 1. The first-order chi connectivity index (χ1) is 9.07. The molecule has 0 fully saturated rings. The van der Waals surface area contributed by atoms with E-state index in [0.29, 0.717) is 31.6 Å². The normalized spacial score (nSPS) is 10.6. The van der Waals surface area contributed by atoms with Crippen LogP contribution in [0.15, 0.2) is 12.1 Å². The Labute approximate surface area is 112 Å². The van der Waals surface area contributed by atoms with Gasteiger partial charge in [-0.15, -0.1) is 0 Å². The van der Waals surface area contributed by atoms with Gasteiger partial charge in [-0.05, 0) is 30.9 Å². The molecule has 5 heteroatoms. The molecule has 0 aromatic heterocycles. The van der Waals surface area contributed by atoms with Crippen molar-refractivity contribution in [2.24, 2.45) is 0 Å². The molecule has 106 valence electrons. The van der Waals surface area contributed by atoms with E-state index in [1.807, 2.05) is 0 Å². The predicted molar refractivity (Wildman–Crippen MR) is 70.8 cm³/mol. The van der Waals surface area contributed by atoms with Gasteiger partial charge in [-0.3, -0.25) is 0 Å². The summed E-state index contributed by atoms with van der Waals surface area (Å²) in [4.78, 5) is 11.1. The first-order valence-corrected chi connectivity index (χ1v) is 6.42. The van der Waals surface area contributed by atoms with E-state index in [2.05, 4.69) is 6.92 Å². The molecule has 0 aliphatic carbocycles. The van der Waals surface area contributed by atoms with Crippen LogP contribution in [-0.2, 0) is 11.2 Å². The van der Waals surface area contributed by atoms with Gasteiger partial charge < -0.3 is 20.1 Å². The van der Waals surface area contributed by atoms with Crippen molar-refractivity contribution >= 4 is 5.97 Å². The Morgan fingerprint density at radius 2 is 1.89 bits per heavy atom. The van der Waals surface area contributed by atoms with Gasteiger partial charge in [0, 0.05) is 13.2 Å². The largest absolute Gasteiger partial charge is 0.504 e. The number of carboxylic acid groups (broad SMARTS) is 1. The van der Waals surface area contributed by atoms with E-state index in [1.54, 1.807) is 0 Å². The summed E-state index contributed by atoms with van der Waals surface area (Å²) in [6, 6.07) is 2.82. The van der Waals surface area contributed by atoms with E-state index in [0.717, 1.165) is 12.8 Å². The minimum atomic E-state index is -1.24. The van der Waals surface area contributed by atoms with Crippen molar-refractivity contribution in [2.75, 3.05) is 13.2 Å². The lowest BCUT2D eigenvalue weighted by Gasteiger charge is -2.09. The van der Waals surface area contributed by atoms with Gasteiger partial charge in [-0.1, -0.05) is 19.4 Å². The van der Waals surface area contributed by atoms with E-state index in [-0.39, 0.29) is 5.56 Å². The molecular weight excluding hydrogens is 248 g/mol. The molecule has 0 aliphatic rings. The van der Waals surface area contributed by atoms with Crippen molar-refractivity contribution in [2.45, 2.75) is 32.6 Å². The van der Waals surface area contributed by atoms with Crippen LogP contribution in [0.25, 0.3) is 0 Å². The van der Waals surface area contributed by atoms with Gasteiger partial charge >= 0.3 is 5.97 Å². The zero-order valence-electron chi connectivity index (χ0n) is 11.1. The van der Waals surface area contributed by atoms with Crippen molar-refractivity contribution < 1.29 is 24.9 Å². The number of hydrogen-bond acceptors (Lipinski definition) is 4. The van der Waals surface area contributed by atoms with E-state index in [9.17, 15) is 15.0 Å². The van der Waals surface area contributed by atoms with Crippen LogP contribution in [0.5, 0.6) is 11.5 Å². The molecule has 1 aromatic rings. The highest BCUT2D eigenvalue weighted by Crippen LogP contribution is 2.31. The summed E-state index contributed by atoms with van der Waals surface area (Å²) in [5, 5.41) is 27.9. The van der Waals surface area contributed by atoms with Crippen molar-refractivity contribution in [3.05, 3.63) is 23.3 Å². The summed E-state index contributed by atoms with van der Waals surface area (Å²) in [7, 11) is 0. The van der Waals surface area contributed by atoms with Gasteiger partial charge in [-0.2, -0.15) is 0 Å². The van der Waals surface area contributed by atoms with E-state index in [4.69, 9.17) is 9.84 Å². The summed E-state index contributed by atoms with van der Waals surface area (Å²) in [5.74, 6) is -2.23. The van der Waals surface area contributed by atoms with Crippen molar-refractivity contribution in [1.29, 1.82) is 0 Å². The number of carbonyl (C=O) groups is 1. The lowest BCUT2D eigenvalue weighted by Crippen LogP contribution is -2.05. The number of benzene rings is 1. The SMILES string of the molecule is CCCCOCCCc1ccc(O)c(O)c1C(=O)O. The Morgan fingerprint density at radius 1 is 1.21 bits per heavy atom. The molecule has 1 rings (SSSR count). The van der Waals surface area contributed by atoms with Crippen LogP contribution in [0.4, 0.5) is 0 Å². The average molecular weight is 268 g/mol. The fraction of sp³-hybridized carbons (Fsp3) is 0.500. The van der Waals surface area contributed by atoms with Crippen LogP contribution in [0, 0.1) is 0 Å². The molecule has 0 bridgehead atoms. The number of aromatic hydroxyl groups is 2. The number of rotatable bonds is 8. The van der Waals surface area contributed by atoms with E-state index in [1.165, 1.54) is 12.1 Å². The molecule has 0 heterocycles. The first-order valence-electron chi connectivity index (χ1n) is 6.42. The molecule has 0 radical (unpaired) electrons. The maximum Gasteiger partial charge on any atom is 0.339 e. The lowest BCUT2D eigenvalue weighted by molar-refractivity contribution is 0.0691. The molecule has 0 atom stereocenters. The molecule has 0 saturated carbocycles. The summed E-state index contributed by atoms with van der Waals surface area (Å²) in [6.07, 6.45) is 3.26. The molecule has 0 unspecified atom stereocenters. The van der Waals surface area contributed by atoms with Gasteiger partial charge in [0.05, 0.1) is 0 Å². The average Bonchev–Trinajstić information content (AvgIpc) is 2.37. The van der Waals surface area contributed by atoms with Gasteiger partial charge in [-0.25, -0.2) is 4.79 Å². The highest BCUT2D eigenvalue weighted by atomic mass is 16.5. The van der Waals surface area contributed by atoms with Gasteiger partial charge in [0.25, 0.3) is 0 Å². The van der Waals surface area contributed by atoms with Gasteiger partial charge in [0.15, 0.2) is 11.5 Å². The Bertz CT molecular complexity index is 428. The van der Waals surface area contributed by atoms with E-state index < -0.39 is 17.5 Å². The molecule has 5 nitrogen and oxygen atoms in total. The Hall–Kier alpha value is -1.75. The predicted octanol–water partition coefficient (Wildman–Crippen LogP) is 2.55. The zero-order valence-corrected chi connectivity index (χ0v) is 11.1. The number of phenolic OH excluding ortho intramolecular Hbond substituents is 1. The van der Waals surface area contributed by atoms with Gasteiger partial charge in [0.1, 0.15) is 5.56 Å². The third-order valence-electron chi connectivity index (χ3n) is 2.83. The fourth-order valence-electron chi connectivity index (χ4n) is 1.78. The zero-order chi connectivity index (χ0) is 14.3. The van der Waals surface area contributed by atoms with Crippen LogP contribution in [0.3, 0.4) is 0 Å². The van der Waals surface area contributed by atoms with Crippen LogP contribution in [-0.4, -0.2) is 34.5 Å². The smallest absolute Gasteiger partial charge is 0.339 e. The maximum absolute atomic E-state index is 11.1. The minimum Gasteiger partial charge on any atom is -0.504 e. The number of aryl methyl sites for hydroxylation is 1. The number of unbranched alkanes of at least 4 members (excludes halogenated alkanes) is 1. The summed E-state index contributed by atoms with van der Waals surface area (Å²) < 4.78 is 5.39. The van der Waals surface area contributed by atoms with Crippen molar-refractivity contribution in [3.8, 4) is 11.5 Å². The summed E-state index contributed by atoms with van der Waals surface area (Å²) >= 11 is 0. The molecule has 0 spiro atoms. The number of carboxylic acids is 1. The molecule has 3 N–H and O–H groups in total. The van der Waals surface area contributed by atoms with Crippen LogP contribution in [0.1, 0.15) is 42.1 Å². The monoisotopic (exact) mass is 268 g/mol. The second-order valence-corrected chi connectivity index (χ2v) is 4.34. The maximum atomic E-state index is 11.1. The van der Waals surface area contributed by atoms with Crippen LogP contribution >= 0.6 is 0 Å². The number of hydrogen-bond donors (Lipinski definition) is 3. The summed E-state index contributed by atoms with van der Waals surface area (Å²) in [6.45, 7) is 3.35.